The van der Waals surface area contributed by atoms with Crippen molar-refractivity contribution >= 4 is 35.6 Å². The van der Waals surface area contributed by atoms with E-state index in [1.165, 1.54) is 0 Å². The predicted octanol–water partition coefficient (Wildman–Crippen LogP) is 1.38. The number of ether oxygens (including phenoxy) is 1. The minimum atomic E-state index is -0.167. The highest BCUT2D eigenvalue weighted by molar-refractivity contribution is 6.18. The quantitative estimate of drug-likeness (QED) is 0.545. The summed E-state index contributed by atoms with van der Waals surface area (Å²) >= 11 is 5.72. The first-order valence-electron chi connectivity index (χ1n) is 8.52. The molecule has 2 aliphatic heterocycles. The van der Waals surface area contributed by atoms with Gasteiger partial charge in [-0.25, -0.2) is 9.59 Å². The Morgan fingerprint density at radius 3 is 2.69 bits per heavy atom. The molecule has 0 radical (unpaired) electrons. The number of carbonyl (C=O) groups is 3. The number of amides is 4. The fraction of sp³-hybridized carbons (Fsp3) is 0.471. The Kier molecular flexibility index (Phi) is 5.82. The molecule has 9 heteroatoms. The molecule has 2 heterocycles. The number of halogens is 1. The summed E-state index contributed by atoms with van der Waals surface area (Å²) in [6.07, 6.45) is 0.699. The molecule has 1 aromatic rings. The lowest BCUT2D eigenvalue weighted by Gasteiger charge is -2.21. The normalized spacial score (nSPS) is 17.0. The Morgan fingerprint density at radius 1 is 1.15 bits per heavy atom. The van der Waals surface area contributed by atoms with E-state index in [0.29, 0.717) is 68.4 Å². The van der Waals surface area contributed by atoms with Crippen LogP contribution in [0.15, 0.2) is 18.2 Å². The fourth-order valence-electron chi connectivity index (χ4n) is 3.12. The molecule has 1 aromatic carbocycles. The van der Waals surface area contributed by atoms with Gasteiger partial charge in [0, 0.05) is 38.6 Å². The van der Waals surface area contributed by atoms with E-state index in [4.69, 9.17) is 16.3 Å². The monoisotopic (exact) mass is 380 g/mol. The van der Waals surface area contributed by atoms with E-state index in [1.54, 1.807) is 32.9 Å². The second-order valence-electron chi connectivity index (χ2n) is 5.98. The first-order valence-corrected chi connectivity index (χ1v) is 9.05. The lowest BCUT2D eigenvalue weighted by Crippen LogP contribution is -2.33. The van der Waals surface area contributed by atoms with Gasteiger partial charge in [0.05, 0.1) is 17.8 Å². The van der Waals surface area contributed by atoms with Gasteiger partial charge in [0.2, 0.25) is 0 Å². The number of benzene rings is 1. The van der Waals surface area contributed by atoms with E-state index in [0.717, 1.165) is 0 Å². The van der Waals surface area contributed by atoms with E-state index in [-0.39, 0.29) is 18.7 Å². The number of hydrogen-bond donors (Lipinski definition) is 1. The van der Waals surface area contributed by atoms with Gasteiger partial charge >= 0.3 is 12.1 Å². The number of alkyl halides is 1. The third kappa shape index (κ3) is 3.70. The summed E-state index contributed by atoms with van der Waals surface area (Å²) in [6.45, 7) is 3.50. The van der Waals surface area contributed by atoms with Gasteiger partial charge in [-0.15, -0.1) is 11.6 Å². The Labute approximate surface area is 156 Å². The molecule has 0 atom stereocenters. The Bertz CT molecular complexity index is 699. The van der Waals surface area contributed by atoms with Gasteiger partial charge in [-0.1, -0.05) is 6.07 Å². The maximum Gasteiger partial charge on any atom is 0.324 e. The zero-order valence-corrected chi connectivity index (χ0v) is 15.1. The molecule has 8 nitrogen and oxygen atoms in total. The van der Waals surface area contributed by atoms with Crippen LogP contribution >= 0.6 is 11.6 Å². The second kappa shape index (κ2) is 8.27. The van der Waals surface area contributed by atoms with Gasteiger partial charge in [-0.05, 0) is 12.1 Å². The van der Waals surface area contributed by atoms with E-state index in [1.807, 2.05) is 0 Å². The van der Waals surface area contributed by atoms with E-state index in [9.17, 15) is 14.4 Å². The molecule has 2 saturated heterocycles. The van der Waals surface area contributed by atoms with Crippen molar-refractivity contribution in [2.45, 2.75) is 0 Å². The number of hydrogen-bond acceptors (Lipinski definition) is 4. The molecule has 2 aliphatic rings. The first-order chi connectivity index (χ1) is 12.7. The number of rotatable bonds is 8. The Hall–Kier alpha value is -2.48. The number of urea groups is 2. The van der Waals surface area contributed by atoms with Crippen LogP contribution in [0.25, 0.3) is 0 Å². The molecule has 2 fully saturated rings. The van der Waals surface area contributed by atoms with Crippen LogP contribution in [0, 0.1) is 0 Å². The molecular formula is C17H21ClN4O4. The van der Waals surface area contributed by atoms with Crippen LogP contribution in [-0.2, 0) is 0 Å². The molecule has 1 N–H and O–H groups in total. The summed E-state index contributed by atoms with van der Waals surface area (Å²) < 4.78 is 5.72. The molecule has 0 aliphatic carbocycles. The average Bonchev–Trinajstić information content (AvgIpc) is 3.21. The minimum Gasteiger partial charge on any atom is -0.491 e. The smallest absolute Gasteiger partial charge is 0.324 e. The third-order valence-corrected chi connectivity index (χ3v) is 4.63. The average molecular weight is 381 g/mol. The first kappa shape index (κ1) is 18.3. The summed E-state index contributed by atoms with van der Waals surface area (Å²) in [5.74, 6) is 0.772. The number of nitrogens with zero attached hydrogens (tertiary/aromatic N) is 3. The van der Waals surface area contributed by atoms with Crippen LogP contribution in [0.3, 0.4) is 0 Å². The molecule has 3 rings (SSSR count). The van der Waals surface area contributed by atoms with E-state index < -0.39 is 0 Å². The largest absolute Gasteiger partial charge is 0.491 e. The van der Waals surface area contributed by atoms with Crippen LogP contribution in [-0.4, -0.2) is 79.9 Å². The predicted molar refractivity (Wildman–Crippen MR) is 97.3 cm³/mol. The summed E-state index contributed by atoms with van der Waals surface area (Å²) in [6, 6.07) is 4.89. The topological polar surface area (TPSA) is 82.2 Å². The SMILES string of the molecule is O=Cc1c(OCCN2CCNC2=O)cccc1N1CCN(CCCl)C1=O. The number of anilines is 1. The van der Waals surface area contributed by atoms with Crippen molar-refractivity contribution in [1.82, 2.24) is 15.1 Å². The van der Waals surface area contributed by atoms with E-state index in [2.05, 4.69) is 5.32 Å². The lowest BCUT2D eigenvalue weighted by molar-refractivity contribution is 0.111. The van der Waals surface area contributed by atoms with Gasteiger partial charge in [0.15, 0.2) is 6.29 Å². The fourth-order valence-corrected chi connectivity index (χ4v) is 3.32. The van der Waals surface area contributed by atoms with Crippen molar-refractivity contribution in [2.24, 2.45) is 0 Å². The molecule has 0 aromatic heterocycles. The molecule has 0 spiro atoms. The van der Waals surface area contributed by atoms with Gasteiger partial charge in [-0.2, -0.15) is 0 Å². The van der Waals surface area contributed by atoms with Crippen molar-refractivity contribution in [3.63, 3.8) is 0 Å². The van der Waals surface area contributed by atoms with Crippen molar-refractivity contribution < 1.29 is 19.1 Å². The summed E-state index contributed by atoms with van der Waals surface area (Å²) in [5.41, 5.74) is 0.859. The van der Waals surface area contributed by atoms with Gasteiger partial charge in [-0.3, -0.25) is 9.69 Å². The van der Waals surface area contributed by atoms with Crippen LogP contribution < -0.4 is 15.0 Å². The van der Waals surface area contributed by atoms with Crippen LogP contribution in [0.5, 0.6) is 5.75 Å². The van der Waals surface area contributed by atoms with Crippen LogP contribution in [0.2, 0.25) is 0 Å². The lowest BCUT2D eigenvalue weighted by atomic mass is 10.1. The standard InChI is InChI=1S/C17H21ClN4O4/c18-4-6-21-8-9-22(17(21)25)14-2-1-3-15(13(14)12-23)26-11-10-20-7-5-19-16(20)24/h1-3,12H,4-11H2,(H,19,24). The summed E-state index contributed by atoms with van der Waals surface area (Å²) in [4.78, 5) is 40.6. The molecule has 140 valence electrons. The zero-order chi connectivity index (χ0) is 18.5. The summed E-state index contributed by atoms with van der Waals surface area (Å²) in [7, 11) is 0. The van der Waals surface area contributed by atoms with Gasteiger partial charge < -0.3 is 19.9 Å². The number of aldehydes is 1. The van der Waals surface area contributed by atoms with Crippen LogP contribution in [0.4, 0.5) is 15.3 Å². The van der Waals surface area contributed by atoms with E-state index >= 15 is 0 Å². The van der Waals surface area contributed by atoms with Gasteiger partial charge in [0.1, 0.15) is 12.4 Å². The third-order valence-electron chi connectivity index (χ3n) is 4.47. The van der Waals surface area contributed by atoms with Crippen LogP contribution in [0.1, 0.15) is 10.4 Å². The number of nitrogens with one attached hydrogen (secondary N) is 1. The second-order valence-corrected chi connectivity index (χ2v) is 6.36. The number of carbonyl (C=O) groups excluding carboxylic acids is 3. The maximum absolute atomic E-state index is 12.5. The molecule has 0 unspecified atom stereocenters. The highest BCUT2D eigenvalue weighted by Gasteiger charge is 2.31. The summed E-state index contributed by atoms with van der Waals surface area (Å²) in [5, 5.41) is 2.72. The highest BCUT2D eigenvalue weighted by atomic mass is 35.5. The molecule has 0 saturated carbocycles. The van der Waals surface area contributed by atoms with Crippen molar-refractivity contribution in [3.05, 3.63) is 23.8 Å². The highest BCUT2D eigenvalue weighted by Crippen LogP contribution is 2.30. The Morgan fingerprint density at radius 2 is 2.00 bits per heavy atom. The molecule has 4 amide bonds. The van der Waals surface area contributed by atoms with Crippen molar-refractivity contribution in [3.8, 4) is 5.75 Å². The minimum absolute atomic E-state index is 0.111. The molecular weight excluding hydrogens is 360 g/mol. The van der Waals surface area contributed by atoms with Crippen molar-refractivity contribution in [2.75, 3.05) is 56.7 Å². The van der Waals surface area contributed by atoms with Crippen molar-refractivity contribution in [1.29, 1.82) is 0 Å². The maximum atomic E-state index is 12.5. The Balaban J connectivity index is 1.70. The molecule has 0 bridgehead atoms. The molecule has 26 heavy (non-hydrogen) atoms. The van der Waals surface area contributed by atoms with Gasteiger partial charge in [0.25, 0.3) is 0 Å². The zero-order valence-electron chi connectivity index (χ0n) is 14.3.